The van der Waals surface area contributed by atoms with Gasteiger partial charge in [-0.05, 0) is 73.3 Å². The molecule has 5 rings (SSSR count). The Morgan fingerprint density at radius 2 is 1.68 bits per heavy atom. The number of carboxylic acids is 1. The standard InChI is InChI=1S/C17H19NO4/c19-17(20)14-2-1-13(18(21)22)8-15(14)16-11-4-9-3-10(6-11)7-12(16)5-9/h1-2,8-12,16H,3-7H2,(H,19,20). The van der Waals surface area contributed by atoms with E-state index in [0.717, 1.165) is 11.8 Å². The number of hydrogen-bond donors (Lipinski definition) is 1. The summed E-state index contributed by atoms with van der Waals surface area (Å²) in [6.07, 6.45) is 6.00. The number of rotatable bonds is 3. The van der Waals surface area contributed by atoms with Crippen molar-refractivity contribution in [2.45, 2.75) is 38.0 Å². The van der Waals surface area contributed by atoms with E-state index in [0.29, 0.717) is 17.4 Å². The molecule has 1 N–H and O–H groups in total. The minimum absolute atomic E-state index is 0.00815. The number of nitro benzene ring substituents is 1. The molecule has 0 radical (unpaired) electrons. The Morgan fingerprint density at radius 1 is 1.09 bits per heavy atom. The van der Waals surface area contributed by atoms with Gasteiger partial charge in [-0.1, -0.05) is 0 Å². The molecule has 0 saturated heterocycles. The summed E-state index contributed by atoms with van der Waals surface area (Å²) < 4.78 is 0. The molecule has 116 valence electrons. The lowest BCUT2D eigenvalue weighted by Gasteiger charge is -2.54. The third-order valence-electron chi connectivity index (χ3n) is 6.06. The van der Waals surface area contributed by atoms with Crippen LogP contribution in [0.2, 0.25) is 0 Å². The summed E-state index contributed by atoms with van der Waals surface area (Å²) in [5.41, 5.74) is 0.965. The molecule has 4 saturated carbocycles. The Labute approximate surface area is 128 Å². The van der Waals surface area contributed by atoms with Gasteiger partial charge in [-0.15, -0.1) is 0 Å². The summed E-state index contributed by atoms with van der Waals surface area (Å²) in [5.74, 6) is 1.83. The fourth-order valence-electron chi connectivity index (χ4n) is 5.57. The van der Waals surface area contributed by atoms with Gasteiger partial charge in [0.2, 0.25) is 0 Å². The van der Waals surface area contributed by atoms with Crippen LogP contribution in [0.4, 0.5) is 5.69 Å². The highest BCUT2D eigenvalue weighted by Gasteiger charge is 2.49. The Morgan fingerprint density at radius 3 is 2.18 bits per heavy atom. The predicted octanol–water partition coefficient (Wildman–Crippen LogP) is 3.83. The van der Waals surface area contributed by atoms with E-state index in [2.05, 4.69) is 0 Å². The van der Waals surface area contributed by atoms with Gasteiger partial charge >= 0.3 is 5.97 Å². The van der Waals surface area contributed by atoms with Crippen LogP contribution in [-0.4, -0.2) is 16.0 Å². The summed E-state index contributed by atoms with van der Waals surface area (Å²) in [5, 5.41) is 20.6. The van der Waals surface area contributed by atoms with Crippen molar-refractivity contribution in [3.05, 3.63) is 39.4 Å². The average Bonchev–Trinajstić information content (AvgIpc) is 2.45. The lowest BCUT2D eigenvalue weighted by molar-refractivity contribution is -0.385. The molecule has 1 aromatic rings. The molecule has 0 atom stereocenters. The van der Waals surface area contributed by atoms with Crippen LogP contribution in [0.3, 0.4) is 0 Å². The average molecular weight is 301 g/mol. The monoisotopic (exact) mass is 301 g/mol. The lowest BCUT2D eigenvalue weighted by Crippen LogP contribution is -2.44. The van der Waals surface area contributed by atoms with Crippen molar-refractivity contribution in [2.24, 2.45) is 23.7 Å². The van der Waals surface area contributed by atoms with E-state index in [1.807, 2.05) is 0 Å². The van der Waals surface area contributed by atoms with Crippen molar-refractivity contribution >= 4 is 11.7 Å². The van der Waals surface area contributed by atoms with Crippen LogP contribution < -0.4 is 0 Å². The van der Waals surface area contributed by atoms with Crippen molar-refractivity contribution < 1.29 is 14.8 Å². The smallest absolute Gasteiger partial charge is 0.335 e. The molecule has 4 fully saturated rings. The van der Waals surface area contributed by atoms with Gasteiger partial charge in [-0.2, -0.15) is 0 Å². The third kappa shape index (κ3) is 2.02. The topological polar surface area (TPSA) is 80.4 Å². The highest BCUT2D eigenvalue weighted by molar-refractivity contribution is 5.90. The molecule has 4 bridgehead atoms. The molecule has 0 spiro atoms. The van der Waals surface area contributed by atoms with E-state index < -0.39 is 10.9 Å². The number of aromatic carboxylic acids is 1. The minimum Gasteiger partial charge on any atom is -0.478 e. The molecule has 0 unspecified atom stereocenters. The SMILES string of the molecule is O=C(O)c1ccc([N+](=O)[O-])cc1C1C2CC3CC(C2)CC1C3. The Hall–Kier alpha value is -1.91. The van der Waals surface area contributed by atoms with Crippen LogP contribution in [0, 0.1) is 33.8 Å². The van der Waals surface area contributed by atoms with E-state index in [1.165, 1.54) is 50.3 Å². The van der Waals surface area contributed by atoms with E-state index >= 15 is 0 Å². The van der Waals surface area contributed by atoms with Crippen LogP contribution in [0.1, 0.15) is 53.9 Å². The molecule has 4 aliphatic carbocycles. The predicted molar refractivity (Wildman–Crippen MR) is 79.8 cm³/mol. The van der Waals surface area contributed by atoms with Crippen LogP contribution in [0.25, 0.3) is 0 Å². The fraction of sp³-hybridized carbons (Fsp3) is 0.588. The van der Waals surface area contributed by atoms with Crippen LogP contribution in [0.15, 0.2) is 18.2 Å². The van der Waals surface area contributed by atoms with Gasteiger partial charge in [-0.25, -0.2) is 4.79 Å². The fourth-order valence-corrected chi connectivity index (χ4v) is 5.57. The quantitative estimate of drug-likeness (QED) is 0.679. The molecular formula is C17H19NO4. The molecule has 22 heavy (non-hydrogen) atoms. The number of benzene rings is 1. The Bertz CT molecular complexity index is 626. The first-order valence-corrected chi connectivity index (χ1v) is 8.04. The van der Waals surface area contributed by atoms with Gasteiger partial charge in [0.25, 0.3) is 5.69 Å². The van der Waals surface area contributed by atoms with E-state index in [-0.39, 0.29) is 17.2 Å². The maximum absolute atomic E-state index is 11.6. The maximum Gasteiger partial charge on any atom is 0.335 e. The summed E-state index contributed by atoms with van der Waals surface area (Å²) >= 11 is 0. The number of carbonyl (C=O) groups is 1. The lowest BCUT2D eigenvalue weighted by atomic mass is 9.50. The zero-order valence-corrected chi connectivity index (χ0v) is 12.3. The zero-order chi connectivity index (χ0) is 15.4. The van der Waals surface area contributed by atoms with Gasteiger partial charge < -0.3 is 5.11 Å². The normalized spacial score (nSPS) is 35.5. The Balaban J connectivity index is 1.79. The number of carboxylic acid groups (broad SMARTS) is 1. The second kappa shape index (κ2) is 4.80. The molecule has 5 heteroatoms. The number of nitrogens with zero attached hydrogens (tertiary/aromatic N) is 1. The van der Waals surface area contributed by atoms with E-state index in [1.54, 1.807) is 0 Å². The molecule has 0 aliphatic heterocycles. The minimum atomic E-state index is -0.973. The largest absolute Gasteiger partial charge is 0.478 e. The van der Waals surface area contributed by atoms with Crippen molar-refractivity contribution in [1.29, 1.82) is 0 Å². The van der Waals surface area contributed by atoms with Gasteiger partial charge in [0.05, 0.1) is 10.5 Å². The summed E-state index contributed by atoms with van der Waals surface area (Å²) in [6.45, 7) is 0. The number of hydrogen-bond acceptors (Lipinski definition) is 3. The molecule has 1 aromatic carbocycles. The first kappa shape index (κ1) is 13.7. The van der Waals surface area contributed by atoms with Crippen LogP contribution >= 0.6 is 0 Å². The van der Waals surface area contributed by atoms with E-state index in [9.17, 15) is 20.0 Å². The summed E-state index contributed by atoms with van der Waals surface area (Å²) in [6, 6.07) is 4.25. The van der Waals surface area contributed by atoms with Crippen LogP contribution in [-0.2, 0) is 0 Å². The van der Waals surface area contributed by atoms with Gasteiger partial charge in [-0.3, -0.25) is 10.1 Å². The molecule has 5 nitrogen and oxygen atoms in total. The molecule has 4 aliphatic rings. The van der Waals surface area contributed by atoms with Gasteiger partial charge in [0.15, 0.2) is 0 Å². The number of nitro groups is 1. The first-order chi connectivity index (χ1) is 10.5. The second-order valence-corrected chi connectivity index (χ2v) is 7.29. The third-order valence-corrected chi connectivity index (χ3v) is 6.06. The first-order valence-electron chi connectivity index (χ1n) is 8.04. The molecule has 0 aromatic heterocycles. The van der Waals surface area contributed by atoms with Crippen molar-refractivity contribution in [1.82, 2.24) is 0 Å². The van der Waals surface area contributed by atoms with Crippen LogP contribution in [0.5, 0.6) is 0 Å². The summed E-state index contributed by atoms with van der Waals surface area (Å²) in [4.78, 5) is 22.2. The van der Waals surface area contributed by atoms with Gasteiger partial charge in [0, 0.05) is 12.1 Å². The van der Waals surface area contributed by atoms with Crippen molar-refractivity contribution in [2.75, 3.05) is 0 Å². The molecule has 0 heterocycles. The highest BCUT2D eigenvalue weighted by atomic mass is 16.6. The highest BCUT2D eigenvalue weighted by Crippen LogP contribution is 2.60. The maximum atomic E-state index is 11.6. The second-order valence-electron chi connectivity index (χ2n) is 7.29. The zero-order valence-electron chi connectivity index (χ0n) is 12.3. The van der Waals surface area contributed by atoms with Crippen molar-refractivity contribution in [3.8, 4) is 0 Å². The Kier molecular flexibility index (Phi) is 2.99. The van der Waals surface area contributed by atoms with Crippen molar-refractivity contribution in [3.63, 3.8) is 0 Å². The van der Waals surface area contributed by atoms with Gasteiger partial charge in [0.1, 0.15) is 0 Å². The number of non-ortho nitro benzene ring substituents is 1. The van der Waals surface area contributed by atoms with E-state index in [4.69, 9.17) is 0 Å². The molecule has 0 amide bonds. The summed E-state index contributed by atoms with van der Waals surface area (Å²) in [7, 11) is 0. The molecular weight excluding hydrogens is 282 g/mol.